The van der Waals surface area contributed by atoms with Gasteiger partial charge in [0.15, 0.2) is 0 Å². The summed E-state index contributed by atoms with van der Waals surface area (Å²) >= 11 is 0. The van der Waals surface area contributed by atoms with Gasteiger partial charge in [-0.05, 0) is 36.3 Å². The Morgan fingerprint density at radius 2 is 2.10 bits per heavy atom. The number of benzene rings is 1. The fourth-order valence-electron chi connectivity index (χ4n) is 2.78. The molecule has 0 N–H and O–H groups in total. The van der Waals surface area contributed by atoms with E-state index in [1.54, 1.807) is 0 Å². The molecule has 3 rings (SSSR count). The number of hydrogen-bond acceptors (Lipinski definition) is 1. The molecule has 1 aromatic rings. The first-order chi connectivity index (χ1) is 9.83. The van der Waals surface area contributed by atoms with Gasteiger partial charge in [0.2, 0.25) is 0 Å². The van der Waals surface area contributed by atoms with E-state index in [0.29, 0.717) is 5.92 Å². The molecule has 2 unspecified atom stereocenters. The first-order valence-electron chi connectivity index (χ1n) is 6.95. The van der Waals surface area contributed by atoms with Gasteiger partial charge in [-0.15, -0.1) is 0 Å². The summed E-state index contributed by atoms with van der Waals surface area (Å²) in [5.41, 5.74) is 3.64. The summed E-state index contributed by atoms with van der Waals surface area (Å²) < 4.78 is 5.97. The summed E-state index contributed by atoms with van der Waals surface area (Å²) in [5.74, 6) is 1.34. The maximum Gasteiger partial charge on any atom is 0.128 e. The molecule has 0 spiro atoms. The normalized spacial score (nSPS) is 23.6. The molecule has 1 nitrogen and oxygen atoms in total. The van der Waals surface area contributed by atoms with Crippen LogP contribution in [0.2, 0.25) is 0 Å². The lowest BCUT2D eigenvalue weighted by Gasteiger charge is -2.14. The molecule has 0 saturated heterocycles. The zero-order valence-electron chi connectivity index (χ0n) is 11.6. The van der Waals surface area contributed by atoms with E-state index in [2.05, 4.69) is 55.2 Å². The predicted molar refractivity (Wildman–Crippen MR) is 84.9 cm³/mol. The minimum atomic E-state index is 0.152. The highest BCUT2D eigenvalue weighted by atomic mass is 16.5. The Kier molecular flexibility index (Phi) is 3.42. The Morgan fingerprint density at radius 3 is 2.90 bits per heavy atom. The molecule has 1 aliphatic carbocycles. The van der Waals surface area contributed by atoms with Crippen LogP contribution < -0.4 is 4.74 Å². The molecule has 0 saturated carbocycles. The number of rotatable bonds is 3. The molecule has 1 aliphatic heterocycles. The van der Waals surface area contributed by atoms with Crippen LogP contribution in [-0.2, 0) is 0 Å². The quantitative estimate of drug-likeness (QED) is 0.711. The Bertz CT molecular complexity index is 644. The lowest BCUT2D eigenvalue weighted by atomic mass is 9.90. The molecule has 0 fully saturated rings. The van der Waals surface area contributed by atoms with Crippen LogP contribution >= 0.6 is 0 Å². The van der Waals surface area contributed by atoms with Crippen LogP contribution in [0.5, 0.6) is 5.75 Å². The fourth-order valence-corrected chi connectivity index (χ4v) is 2.78. The van der Waals surface area contributed by atoms with Crippen LogP contribution in [0, 0.1) is 0 Å². The van der Waals surface area contributed by atoms with Crippen molar-refractivity contribution in [3.05, 3.63) is 84.5 Å². The largest absolute Gasteiger partial charge is 0.485 e. The minimum Gasteiger partial charge on any atom is -0.485 e. The van der Waals surface area contributed by atoms with Gasteiger partial charge < -0.3 is 4.74 Å². The molecule has 0 radical (unpaired) electrons. The van der Waals surface area contributed by atoms with Crippen molar-refractivity contribution in [1.82, 2.24) is 0 Å². The van der Waals surface area contributed by atoms with E-state index in [9.17, 15) is 0 Å². The number of allylic oxidation sites excluding steroid dienone is 7. The van der Waals surface area contributed by atoms with Gasteiger partial charge >= 0.3 is 0 Å². The van der Waals surface area contributed by atoms with Crippen molar-refractivity contribution < 1.29 is 4.74 Å². The zero-order chi connectivity index (χ0) is 13.9. The van der Waals surface area contributed by atoms with E-state index in [4.69, 9.17) is 4.74 Å². The summed E-state index contributed by atoms with van der Waals surface area (Å²) in [6.45, 7) is 5.82. The molecule has 1 aromatic carbocycles. The summed E-state index contributed by atoms with van der Waals surface area (Å²) in [7, 11) is 0. The first kappa shape index (κ1) is 12.7. The van der Waals surface area contributed by atoms with Gasteiger partial charge in [-0.25, -0.2) is 0 Å². The maximum absolute atomic E-state index is 5.97. The third-order valence-corrected chi connectivity index (χ3v) is 3.69. The highest BCUT2D eigenvalue weighted by Crippen LogP contribution is 2.42. The molecule has 2 aliphatic rings. The summed E-state index contributed by atoms with van der Waals surface area (Å²) in [6, 6.07) is 6.42. The zero-order valence-corrected chi connectivity index (χ0v) is 11.6. The monoisotopic (exact) mass is 262 g/mol. The van der Waals surface area contributed by atoms with E-state index in [-0.39, 0.29) is 6.10 Å². The van der Waals surface area contributed by atoms with E-state index >= 15 is 0 Å². The van der Waals surface area contributed by atoms with Gasteiger partial charge in [0.05, 0.1) is 0 Å². The Morgan fingerprint density at radius 1 is 1.25 bits per heavy atom. The van der Waals surface area contributed by atoms with Crippen molar-refractivity contribution in [2.24, 2.45) is 0 Å². The highest BCUT2D eigenvalue weighted by molar-refractivity contribution is 5.76. The van der Waals surface area contributed by atoms with Crippen molar-refractivity contribution in [3.8, 4) is 5.75 Å². The lowest BCUT2D eigenvalue weighted by Crippen LogP contribution is -2.15. The van der Waals surface area contributed by atoms with Crippen LogP contribution in [-0.4, -0.2) is 6.10 Å². The Balaban J connectivity index is 2.02. The van der Waals surface area contributed by atoms with Gasteiger partial charge in [-0.3, -0.25) is 0 Å². The molecule has 2 atom stereocenters. The Hall–Kier alpha value is -2.28. The first-order valence-corrected chi connectivity index (χ1v) is 6.95. The molecule has 1 heteroatoms. The molecular formula is C19H18O. The van der Waals surface area contributed by atoms with Crippen LogP contribution in [0.3, 0.4) is 0 Å². The van der Waals surface area contributed by atoms with E-state index in [0.717, 1.165) is 5.75 Å². The third-order valence-electron chi connectivity index (χ3n) is 3.69. The van der Waals surface area contributed by atoms with Gasteiger partial charge in [0.1, 0.15) is 11.9 Å². The van der Waals surface area contributed by atoms with E-state index < -0.39 is 0 Å². The maximum atomic E-state index is 5.97. The van der Waals surface area contributed by atoms with Gasteiger partial charge in [-0.1, -0.05) is 55.2 Å². The second-order valence-electron chi connectivity index (χ2n) is 4.99. The molecule has 0 amide bonds. The van der Waals surface area contributed by atoms with Crippen molar-refractivity contribution in [3.63, 3.8) is 0 Å². The van der Waals surface area contributed by atoms with Gasteiger partial charge in [0.25, 0.3) is 0 Å². The fraction of sp³-hybridized carbons (Fsp3) is 0.158. The summed E-state index contributed by atoms with van der Waals surface area (Å²) in [6.07, 6.45) is 16.6. The second kappa shape index (κ2) is 5.38. The minimum absolute atomic E-state index is 0.152. The standard InChI is InChI=1S/C19H18O/c1-3-7-14(8-4-2)15-11-12-19-17(13-15)16-9-5-6-10-18(16)20-19/h3-13,16,18H,1H2,2H3/b8-4-,14-7+. The molecule has 1 heterocycles. The molecule has 20 heavy (non-hydrogen) atoms. The molecule has 100 valence electrons. The van der Waals surface area contributed by atoms with Crippen molar-refractivity contribution in [1.29, 1.82) is 0 Å². The number of ether oxygens (including phenoxy) is 1. The van der Waals surface area contributed by atoms with Crippen LogP contribution in [0.4, 0.5) is 0 Å². The summed E-state index contributed by atoms with van der Waals surface area (Å²) in [4.78, 5) is 0. The highest BCUT2D eigenvalue weighted by Gasteiger charge is 2.31. The van der Waals surface area contributed by atoms with Crippen molar-refractivity contribution >= 4 is 5.57 Å². The van der Waals surface area contributed by atoms with Crippen LogP contribution in [0.15, 0.2) is 73.4 Å². The second-order valence-corrected chi connectivity index (χ2v) is 4.99. The molecular weight excluding hydrogens is 244 g/mol. The topological polar surface area (TPSA) is 9.23 Å². The van der Waals surface area contributed by atoms with E-state index in [1.165, 1.54) is 16.7 Å². The summed E-state index contributed by atoms with van der Waals surface area (Å²) in [5, 5.41) is 0. The molecule has 0 aromatic heterocycles. The number of hydrogen-bond donors (Lipinski definition) is 0. The Labute approximate surface area is 120 Å². The van der Waals surface area contributed by atoms with Gasteiger partial charge in [-0.2, -0.15) is 0 Å². The average Bonchev–Trinajstić information content (AvgIpc) is 2.85. The predicted octanol–water partition coefficient (Wildman–Crippen LogP) is 4.80. The van der Waals surface area contributed by atoms with Crippen LogP contribution in [0.1, 0.15) is 24.0 Å². The van der Waals surface area contributed by atoms with Crippen molar-refractivity contribution in [2.45, 2.75) is 18.9 Å². The average molecular weight is 262 g/mol. The van der Waals surface area contributed by atoms with Gasteiger partial charge in [0, 0.05) is 11.5 Å². The van der Waals surface area contributed by atoms with Crippen molar-refractivity contribution in [2.75, 3.05) is 0 Å². The van der Waals surface area contributed by atoms with E-state index in [1.807, 2.05) is 25.2 Å². The smallest absolute Gasteiger partial charge is 0.128 e. The SMILES string of the molecule is C=C/C=C(\C=C/C)c1ccc2c(c1)C1C=CC=CC1O2. The molecule has 0 bridgehead atoms. The lowest BCUT2D eigenvalue weighted by molar-refractivity contribution is 0.269. The van der Waals surface area contributed by atoms with Crippen LogP contribution in [0.25, 0.3) is 5.57 Å². The number of fused-ring (bicyclic) bond motifs is 3. The third kappa shape index (κ3) is 2.16.